The number of aromatic nitrogens is 2. The minimum absolute atomic E-state index is 0.111. The van der Waals surface area contributed by atoms with Crippen LogP contribution < -0.4 is 26.2 Å². The molecule has 6 heteroatoms. The van der Waals surface area contributed by atoms with Crippen LogP contribution >= 0.6 is 0 Å². The van der Waals surface area contributed by atoms with Gasteiger partial charge in [0.2, 0.25) is 0 Å². The van der Waals surface area contributed by atoms with Gasteiger partial charge in [-0.25, -0.2) is 0 Å². The Morgan fingerprint density at radius 3 is 1.42 bits per heavy atom. The number of para-hydroxylation sites is 4. The fourth-order valence-electron chi connectivity index (χ4n) is 17.5. The predicted molar refractivity (Wildman–Crippen MR) is 455 cm³/mol. The molecule has 0 spiro atoms. The van der Waals surface area contributed by atoms with E-state index >= 15 is 0 Å². The van der Waals surface area contributed by atoms with E-state index in [1.807, 2.05) is 40.8 Å². The van der Waals surface area contributed by atoms with Gasteiger partial charge in [0, 0.05) is 82.7 Å². The first kappa shape index (κ1) is 56.6. The summed E-state index contributed by atoms with van der Waals surface area (Å²) in [6.07, 6.45) is 0. The molecular formula is C100H83BN4O. The van der Waals surface area contributed by atoms with E-state index in [1.54, 1.807) is 0 Å². The number of rotatable bonds is 5. The lowest BCUT2D eigenvalue weighted by molar-refractivity contribution is 0.590. The highest BCUT2D eigenvalue weighted by atomic mass is 16.3. The van der Waals surface area contributed by atoms with Crippen LogP contribution in [-0.4, -0.2) is 15.7 Å². The van der Waals surface area contributed by atoms with Crippen LogP contribution in [0.4, 0.5) is 34.1 Å². The maximum Gasteiger partial charge on any atom is 0.252 e. The van der Waals surface area contributed by atoms with Gasteiger partial charge in [-0.1, -0.05) is 283 Å². The maximum absolute atomic E-state index is 10.2. The molecule has 0 saturated heterocycles. The zero-order chi connectivity index (χ0) is 78.3. The number of benzene rings is 14. The van der Waals surface area contributed by atoms with Crippen LogP contribution in [0.3, 0.4) is 0 Å². The molecule has 0 bridgehead atoms. The third-order valence-electron chi connectivity index (χ3n) is 22.9. The largest absolute Gasteiger partial charge is 0.454 e. The summed E-state index contributed by atoms with van der Waals surface area (Å²) in [7, 11) is 0. The van der Waals surface area contributed by atoms with Crippen molar-refractivity contribution in [2.45, 2.75) is 105 Å². The number of nitrogens with zero attached hydrogens (tertiary/aromatic N) is 4. The Balaban J connectivity index is 1.03. The zero-order valence-corrected chi connectivity index (χ0v) is 61.9. The molecule has 4 aromatic heterocycles. The Hall–Kier alpha value is -11.9. The first-order valence-electron chi connectivity index (χ1n) is 40.7. The number of hydrogen-bond donors (Lipinski definition) is 0. The Bertz CT molecular complexity index is 7140. The van der Waals surface area contributed by atoms with Crippen molar-refractivity contribution in [3.05, 3.63) is 307 Å². The second-order valence-corrected chi connectivity index (χ2v) is 33.5. The summed E-state index contributed by atoms with van der Waals surface area (Å²) < 4.78 is 80.8. The van der Waals surface area contributed by atoms with E-state index < -0.39 is 24.2 Å². The van der Waals surface area contributed by atoms with Crippen LogP contribution in [0.25, 0.3) is 131 Å². The van der Waals surface area contributed by atoms with Crippen LogP contribution in [0.2, 0.25) is 0 Å². The van der Waals surface area contributed by atoms with Gasteiger partial charge in [0.1, 0.15) is 5.58 Å². The Kier molecular flexibility index (Phi) is 12.2. The molecule has 0 fully saturated rings. The molecule has 2 aliphatic heterocycles. The third kappa shape index (κ3) is 9.55. The van der Waals surface area contributed by atoms with Gasteiger partial charge in [-0.2, -0.15) is 0 Å². The average Bonchev–Trinajstić information content (AvgIpc) is 1.62. The van der Waals surface area contributed by atoms with Crippen LogP contribution in [-0.2, 0) is 21.7 Å². The molecule has 2 aliphatic rings. The second kappa shape index (κ2) is 22.8. The maximum atomic E-state index is 10.2. The predicted octanol–water partition coefficient (Wildman–Crippen LogP) is 25.9. The molecule has 512 valence electrons. The van der Waals surface area contributed by atoms with Crippen LogP contribution in [0.5, 0.6) is 0 Å². The SMILES string of the molecule is [2H]c1c([2H])c([2H])c2c(c1[2H])c1c([2H])c([2H])c([2H])c3c4ccccc4c4ccccc4c4cc5c(cc4n2c31)N(c1cccc2c1oc1ccccc12)c1cc(C(C)(C)C)cc2c1B5c1ccc(-n3c4ccc(C(C)(C)C)cc4c4cc(C(C)(C)C)ccc43)cc1N2c1c(-c2ccccc2)cc(C(C)(C)C)cc1-c1ccccc1. The van der Waals surface area contributed by atoms with Crippen LogP contribution in [0.15, 0.2) is 289 Å². The third-order valence-corrected chi connectivity index (χ3v) is 22.9. The van der Waals surface area contributed by atoms with E-state index in [9.17, 15) is 9.60 Å². The van der Waals surface area contributed by atoms with E-state index in [1.165, 1.54) is 27.5 Å². The molecule has 0 radical (unpaired) electrons. The molecule has 0 N–H and O–H groups in total. The molecule has 6 heterocycles. The smallest absolute Gasteiger partial charge is 0.252 e. The lowest BCUT2D eigenvalue weighted by Crippen LogP contribution is -2.61. The van der Waals surface area contributed by atoms with E-state index in [4.69, 9.17) is 4.42 Å². The lowest BCUT2D eigenvalue weighted by Gasteiger charge is -2.46. The molecule has 0 unspecified atom stereocenters. The topological polar surface area (TPSA) is 29.0 Å². The summed E-state index contributed by atoms with van der Waals surface area (Å²) in [4.78, 5) is 5.03. The van der Waals surface area contributed by atoms with Crippen molar-refractivity contribution in [1.29, 1.82) is 0 Å². The van der Waals surface area contributed by atoms with Crippen LogP contribution in [0.1, 0.15) is 115 Å². The van der Waals surface area contributed by atoms with E-state index in [2.05, 4.69) is 304 Å². The molecule has 0 atom stereocenters. The lowest BCUT2D eigenvalue weighted by atomic mass is 9.33. The molecule has 20 rings (SSSR count). The second-order valence-electron chi connectivity index (χ2n) is 33.5. The zero-order valence-electron chi connectivity index (χ0n) is 68.9. The van der Waals surface area contributed by atoms with Gasteiger partial charge >= 0.3 is 0 Å². The van der Waals surface area contributed by atoms with Gasteiger partial charge in [0.15, 0.2) is 5.58 Å². The van der Waals surface area contributed by atoms with Gasteiger partial charge in [0.25, 0.3) is 6.71 Å². The quantitative estimate of drug-likeness (QED) is 0.161. The van der Waals surface area contributed by atoms with Gasteiger partial charge in [-0.15, -0.1) is 0 Å². The van der Waals surface area contributed by atoms with Crippen molar-refractivity contribution in [1.82, 2.24) is 8.97 Å². The fourth-order valence-corrected chi connectivity index (χ4v) is 17.5. The van der Waals surface area contributed by atoms with E-state index in [0.29, 0.717) is 27.4 Å². The monoisotopic (exact) mass is 1370 g/mol. The normalized spacial score (nSPS) is 14.3. The highest BCUT2D eigenvalue weighted by molar-refractivity contribution is 7.00. The number of furan rings is 1. The Morgan fingerprint density at radius 1 is 0.321 bits per heavy atom. The van der Waals surface area contributed by atoms with Crippen molar-refractivity contribution in [2.75, 3.05) is 9.80 Å². The van der Waals surface area contributed by atoms with Gasteiger partial charge in [-0.05, 0) is 178 Å². The molecule has 14 aromatic carbocycles. The summed E-state index contributed by atoms with van der Waals surface area (Å²) in [5, 5.41) is 8.80. The molecule has 18 aromatic rings. The van der Waals surface area contributed by atoms with E-state index in [-0.39, 0.29) is 62.7 Å². The minimum Gasteiger partial charge on any atom is -0.454 e. The van der Waals surface area contributed by atoms with Crippen molar-refractivity contribution in [3.63, 3.8) is 0 Å². The molecule has 0 amide bonds. The standard InChI is InChI=1S/C100H83BN4O/c1-97(2,3)62-45-49-84-78(51-62)79-52-63(98(4,5)6)46-50-85(79)102(84)66-47-48-81-88(57-66)105(95-76(60-29-15-13-16-30-60)53-64(99(7,8)9)54-77(95)61-31-17-14-18-32-61)91-56-65(100(10,11)12)55-90-93(91)101(81)82-58-80-70-36-22-20-34-68(70)67-33-19-21-35-69(67)73-39-27-40-74-71-37-23-25-42-83(71)104(94(73)74)87(80)59-89(82)103(90)86-43-28-41-75-72-38-24-26-44-92(72)106-96(75)86/h13-59H,1-12H3/i23D,25D,27D,37D,39D,40D,42D. The van der Waals surface area contributed by atoms with Crippen LogP contribution in [0, 0.1) is 0 Å². The fraction of sp³-hybridized carbons (Fsp3) is 0.160. The number of fused-ring (bicyclic) bond motifs is 20. The molecular weight excluding hydrogens is 1280 g/mol. The minimum atomic E-state index is -0.527. The number of anilines is 6. The van der Waals surface area contributed by atoms with Crippen molar-refractivity contribution in [2.24, 2.45) is 0 Å². The Morgan fingerprint density at radius 2 is 0.811 bits per heavy atom. The summed E-state index contributed by atoms with van der Waals surface area (Å²) in [5.74, 6) is 0. The Labute approximate surface area is 629 Å². The van der Waals surface area contributed by atoms with Gasteiger partial charge in [-0.3, -0.25) is 0 Å². The average molecular weight is 1370 g/mol. The summed E-state index contributed by atoms with van der Waals surface area (Å²) in [6.45, 7) is 27.1. The molecule has 106 heavy (non-hydrogen) atoms. The van der Waals surface area contributed by atoms with Gasteiger partial charge < -0.3 is 23.2 Å². The summed E-state index contributed by atoms with van der Waals surface area (Å²) in [5.41, 5.74) is 22.3. The first-order chi connectivity index (χ1) is 54.0. The number of hydrogen-bond acceptors (Lipinski definition) is 3. The molecule has 0 saturated carbocycles. The van der Waals surface area contributed by atoms with Crippen molar-refractivity contribution < 1.29 is 14.0 Å². The molecule has 0 aliphatic carbocycles. The van der Waals surface area contributed by atoms with Gasteiger partial charge in [0.05, 0.1) is 48.6 Å². The summed E-state index contributed by atoms with van der Waals surface area (Å²) in [6, 6.07) is 86.1. The summed E-state index contributed by atoms with van der Waals surface area (Å²) >= 11 is 0. The van der Waals surface area contributed by atoms with E-state index in [0.717, 1.165) is 133 Å². The van der Waals surface area contributed by atoms with Crippen molar-refractivity contribution >= 4 is 161 Å². The van der Waals surface area contributed by atoms with Crippen molar-refractivity contribution in [3.8, 4) is 27.9 Å². The molecule has 5 nitrogen and oxygen atoms in total. The highest BCUT2D eigenvalue weighted by Gasteiger charge is 2.46. The highest BCUT2D eigenvalue weighted by Crippen LogP contribution is 2.55. The first-order valence-corrected chi connectivity index (χ1v) is 37.2.